The van der Waals surface area contributed by atoms with Crippen LogP contribution in [0, 0.1) is 0 Å². The van der Waals surface area contributed by atoms with Crippen LogP contribution in [-0.4, -0.2) is 49.0 Å². The number of nitrogens with one attached hydrogen (secondary N) is 2. The van der Waals surface area contributed by atoms with Crippen LogP contribution in [0.25, 0.3) is 0 Å². The average Bonchev–Trinajstić information content (AvgIpc) is 2.80. The van der Waals surface area contributed by atoms with E-state index < -0.39 is 11.6 Å². The van der Waals surface area contributed by atoms with E-state index in [0.717, 1.165) is 28.9 Å². The Morgan fingerprint density at radius 3 is 2.92 bits per heavy atom. The van der Waals surface area contributed by atoms with Crippen LogP contribution in [0.1, 0.15) is 30.9 Å². The maximum absolute atomic E-state index is 13.0. The second-order valence-electron chi connectivity index (χ2n) is 6.66. The molecule has 1 saturated heterocycles. The molecule has 0 unspecified atom stereocenters. The molecule has 0 aromatic heterocycles. The third-order valence-corrected chi connectivity index (χ3v) is 4.78. The molecule has 1 aliphatic carbocycles. The first-order valence-electron chi connectivity index (χ1n) is 8.49. The molecule has 0 saturated carbocycles. The van der Waals surface area contributed by atoms with E-state index in [9.17, 15) is 14.4 Å². The number of nitrogens with zero attached hydrogens (tertiary/aromatic N) is 1. The molecule has 1 aromatic rings. The van der Waals surface area contributed by atoms with Gasteiger partial charge in [0, 0.05) is 13.2 Å². The normalized spacial score (nSPS) is 23.4. The summed E-state index contributed by atoms with van der Waals surface area (Å²) in [5.41, 5.74) is 0.877. The van der Waals surface area contributed by atoms with Crippen LogP contribution in [0.5, 0.6) is 0 Å². The largest absolute Gasteiger partial charge is 0.383 e. The first-order valence-corrected chi connectivity index (χ1v) is 8.49. The van der Waals surface area contributed by atoms with E-state index in [-0.39, 0.29) is 24.4 Å². The Kier molecular flexibility index (Phi) is 4.76. The smallest absolute Gasteiger partial charge is 0.325 e. The average molecular weight is 345 g/mol. The molecular weight excluding hydrogens is 322 g/mol. The summed E-state index contributed by atoms with van der Waals surface area (Å²) in [4.78, 5) is 38.6. The van der Waals surface area contributed by atoms with Crippen molar-refractivity contribution in [2.75, 3.05) is 20.3 Å². The van der Waals surface area contributed by atoms with Crippen molar-refractivity contribution in [1.82, 2.24) is 15.5 Å². The molecule has 1 heterocycles. The highest BCUT2D eigenvalue weighted by molar-refractivity contribution is 6.09. The Hall–Kier alpha value is -2.41. The minimum atomic E-state index is -1.04. The maximum atomic E-state index is 13.0. The third-order valence-electron chi connectivity index (χ3n) is 4.78. The molecule has 3 rings (SSSR count). The molecule has 7 nitrogen and oxygen atoms in total. The standard InChI is InChI=1S/C18H23N3O4/c1-12(11-25-2)19-15(22)10-21-16(23)18(20-17(21)24)9-5-7-13-6-3-4-8-14(13)18/h3-4,6,8,12H,5,7,9-11H2,1-2H3,(H,19,22)(H,20,24)/t12-,18+/m1/s1. The van der Waals surface area contributed by atoms with Crippen molar-refractivity contribution in [3.05, 3.63) is 35.4 Å². The molecule has 2 atom stereocenters. The zero-order valence-corrected chi connectivity index (χ0v) is 14.5. The number of hydrogen-bond acceptors (Lipinski definition) is 4. The van der Waals surface area contributed by atoms with Crippen LogP contribution in [0.2, 0.25) is 0 Å². The van der Waals surface area contributed by atoms with Gasteiger partial charge in [0.15, 0.2) is 0 Å². The lowest BCUT2D eigenvalue weighted by Gasteiger charge is -2.33. The highest BCUT2D eigenvalue weighted by Gasteiger charge is 2.54. The van der Waals surface area contributed by atoms with E-state index in [1.165, 1.54) is 0 Å². The topological polar surface area (TPSA) is 87.7 Å². The summed E-state index contributed by atoms with van der Waals surface area (Å²) in [5, 5.41) is 5.56. The van der Waals surface area contributed by atoms with Crippen LogP contribution in [0.15, 0.2) is 24.3 Å². The quantitative estimate of drug-likeness (QED) is 0.777. The summed E-state index contributed by atoms with van der Waals surface area (Å²) in [6.07, 6.45) is 2.25. The minimum absolute atomic E-state index is 0.192. The van der Waals surface area contributed by atoms with Crippen molar-refractivity contribution < 1.29 is 19.1 Å². The van der Waals surface area contributed by atoms with Crippen molar-refractivity contribution in [3.8, 4) is 0 Å². The maximum Gasteiger partial charge on any atom is 0.325 e. The lowest BCUT2D eigenvalue weighted by atomic mass is 9.76. The minimum Gasteiger partial charge on any atom is -0.383 e. The Morgan fingerprint density at radius 1 is 1.40 bits per heavy atom. The van der Waals surface area contributed by atoms with Crippen LogP contribution in [-0.2, 0) is 26.3 Å². The molecule has 0 bridgehead atoms. The molecule has 0 radical (unpaired) electrons. The van der Waals surface area contributed by atoms with E-state index in [1.807, 2.05) is 24.3 Å². The molecule has 1 aliphatic heterocycles. The van der Waals surface area contributed by atoms with Crippen molar-refractivity contribution in [2.24, 2.45) is 0 Å². The highest BCUT2D eigenvalue weighted by Crippen LogP contribution is 2.39. The van der Waals surface area contributed by atoms with Gasteiger partial charge in [-0.3, -0.25) is 14.5 Å². The third kappa shape index (κ3) is 3.11. The number of amides is 4. The lowest BCUT2D eigenvalue weighted by Crippen LogP contribution is -2.48. The fourth-order valence-electron chi connectivity index (χ4n) is 3.71. The van der Waals surface area contributed by atoms with Gasteiger partial charge in [-0.05, 0) is 37.3 Å². The number of ether oxygens (including phenoxy) is 1. The number of rotatable bonds is 5. The van der Waals surface area contributed by atoms with Gasteiger partial charge in [0.05, 0.1) is 6.61 Å². The summed E-state index contributed by atoms with van der Waals surface area (Å²) in [5.74, 6) is -0.728. The van der Waals surface area contributed by atoms with Crippen molar-refractivity contribution in [1.29, 1.82) is 0 Å². The molecule has 134 valence electrons. The fourth-order valence-corrected chi connectivity index (χ4v) is 3.71. The van der Waals surface area contributed by atoms with Crippen molar-refractivity contribution >= 4 is 17.8 Å². The number of fused-ring (bicyclic) bond motifs is 2. The van der Waals surface area contributed by atoms with Gasteiger partial charge in [0.25, 0.3) is 5.91 Å². The Labute approximate surface area is 146 Å². The van der Waals surface area contributed by atoms with E-state index in [0.29, 0.717) is 13.0 Å². The monoisotopic (exact) mass is 345 g/mol. The second kappa shape index (κ2) is 6.84. The Morgan fingerprint density at radius 2 is 2.16 bits per heavy atom. The molecule has 1 spiro atoms. The van der Waals surface area contributed by atoms with E-state index >= 15 is 0 Å². The number of methoxy groups -OCH3 is 1. The number of carbonyl (C=O) groups excluding carboxylic acids is 3. The summed E-state index contributed by atoms with van der Waals surface area (Å²) >= 11 is 0. The molecule has 4 amide bonds. The second-order valence-corrected chi connectivity index (χ2v) is 6.66. The summed E-state index contributed by atoms with van der Waals surface area (Å²) in [6, 6.07) is 6.96. The fraction of sp³-hybridized carbons (Fsp3) is 0.500. The predicted octanol–water partition coefficient (Wildman–Crippen LogP) is 0.921. The summed E-state index contributed by atoms with van der Waals surface area (Å²) in [7, 11) is 1.55. The number of urea groups is 1. The van der Waals surface area contributed by atoms with Crippen molar-refractivity contribution in [3.63, 3.8) is 0 Å². The number of aryl methyl sites for hydroxylation is 1. The van der Waals surface area contributed by atoms with E-state index in [2.05, 4.69) is 10.6 Å². The van der Waals surface area contributed by atoms with Gasteiger partial charge < -0.3 is 15.4 Å². The highest BCUT2D eigenvalue weighted by atomic mass is 16.5. The van der Waals surface area contributed by atoms with Gasteiger partial charge in [0.1, 0.15) is 12.1 Å². The summed E-state index contributed by atoms with van der Waals surface area (Å²) in [6.45, 7) is 1.87. The van der Waals surface area contributed by atoms with Gasteiger partial charge in [-0.15, -0.1) is 0 Å². The van der Waals surface area contributed by atoms with Gasteiger partial charge in [-0.2, -0.15) is 0 Å². The molecule has 7 heteroatoms. The van der Waals surface area contributed by atoms with Crippen LogP contribution in [0.3, 0.4) is 0 Å². The van der Waals surface area contributed by atoms with Crippen LogP contribution in [0.4, 0.5) is 4.79 Å². The molecule has 2 aliphatic rings. The van der Waals surface area contributed by atoms with Gasteiger partial charge in [-0.1, -0.05) is 24.3 Å². The summed E-state index contributed by atoms with van der Waals surface area (Å²) < 4.78 is 4.97. The van der Waals surface area contributed by atoms with Crippen LogP contribution >= 0.6 is 0 Å². The molecule has 2 N–H and O–H groups in total. The van der Waals surface area contributed by atoms with E-state index in [4.69, 9.17) is 4.74 Å². The Bertz CT molecular complexity index is 705. The van der Waals surface area contributed by atoms with Gasteiger partial charge in [-0.25, -0.2) is 4.79 Å². The zero-order chi connectivity index (χ0) is 18.0. The molecule has 1 aromatic carbocycles. The lowest BCUT2D eigenvalue weighted by molar-refractivity contribution is -0.135. The van der Waals surface area contributed by atoms with E-state index in [1.54, 1.807) is 14.0 Å². The number of imide groups is 1. The van der Waals surface area contributed by atoms with Gasteiger partial charge in [0.2, 0.25) is 5.91 Å². The number of hydrogen-bond donors (Lipinski definition) is 2. The number of benzene rings is 1. The SMILES string of the molecule is COC[C@@H](C)NC(=O)CN1C(=O)N[C@]2(CCCc3ccccc32)C1=O. The Balaban J connectivity index is 1.79. The molecule has 25 heavy (non-hydrogen) atoms. The zero-order valence-electron chi connectivity index (χ0n) is 14.5. The molecular formula is C18H23N3O4. The molecule has 1 fully saturated rings. The first-order chi connectivity index (χ1) is 12.0. The van der Waals surface area contributed by atoms with Crippen LogP contribution < -0.4 is 10.6 Å². The first kappa shape index (κ1) is 17.4. The van der Waals surface area contributed by atoms with Gasteiger partial charge >= 0.3 is 6.03 Å². The van der Waals surface area contributed by atoms with Crippen molar-refractivity contribution in [2.45, 2.75) is 37.8 Å². The number of carbonyl (C=O) groups is 3. The predicted molar refractivity (Wildman–Crippen MR) is 90.8 cm³/mol.